The molecular formula is C11H18F3NO4S. The van der Waals surface area contributed by atoms with Gasteiger partial charge in [-0.2, -0.15) is 17.5 Å². The van der Waals surface area contributed by atoms with Crippen LogP contribution in [0.4, 0.5) is 13.2 Å². The SMILES string of the molecule is CC(C1CC1)N(CC(F)(F)F)S(=O)(=O)CCCC(=O)O. The maximum atomic E-state index is 12.5. The van der Waals surface area contributed by atoms with Gasteiger partial charge in [-0.05, 0) is 32.1 Å². The first-order valence-corrected chi connectivity index (χ1v) is 7.92. The van der Waals surface area contributed by atoms with Gasteiger partial charge in [0, 0.05) is 12.5 Å². The molecule has 0 aromatic carbocycles. The molecule has 1 rings (SSSR count). The van der Waals surface area contributed by atoms with Gasteiger partial charge in [0.05, 0.1) is 5.75 Å². The van der Waals surface area contributed by atoms with Gasteiger partial charge in [-0.25, -0.2) is 8.42 Å². The van der Waals surface area contributed by atoms with E-state index in [1.165, 1.54) is 6.92 Å². The number of hydrogen-bond acceptors (Lipinski definition) is 3. The van der Waals surface area contributed by atoms with Gasteiger partial charge in [-0.3, -0.25) is 4.79 Å². The van der Waals surface area contributed by atoms with Crippen molar-refractivity contribution in [3.8, 4) is 0 Å². The van der Waals surface area contributed by atoms with Crippen LogP contribution >= 0.6 is 0 Å². The number of nitrogens with zero attached hydrogens (tertiary/aromatic N) is 1. The monoisotopic (exact) mass is 317 g/mol. The van der Waals surface area contributed by atoms with Gasteiger partial charge < -0.3 is 5.11 Å². The zero-order chi connectivity index (χ0) is 15.6. The smallest absolute Gasteiger partial charge is 0.402 e. The van der Waals surface area contributed by atoms with Crippen LogP contribution in [0.1, 0.15) is 32.6 Å². The van der Waals surface area contributed by atoms with Crippen molar-refractivity contribution in [1.82, 2.24) is 4.31 Å². The van der Waals surface area contributed by atoms with Crippen LogP contribution in [-0.2, 0) is 14.8 Å². The molecule has 20 heavy (non-hydrogen) atoms. The Labute approximate surface area is 115 Å². The highest BCUT2D eigenvalue weighted by Crippen LogP contribution is 2.37. The summed E-state index contributed by atoms with van der Waals surface area (Å²) in [5.74, 6) is -1.78. The van der Waals surface area contributed by atoms with Crippen molar-refractivity contribution in [2.75, 3.05) is 12.3 Å². The molecule has 0 spiro atoms. The van der Waals surface area contributed by atoms with Crippen LogP contribution in [0.15, 0.2) is 0 Å². The summed E-state index contributed by atoms with van der Waals surface area (Å²) < 4.78 is 62.1. The number of carbonyl (C=O) groups is 1. The van der Waals surface area contributed by atoms with E-state index in [1.54, 1.807) is 0 Å². The largest absolute Gasteiger partial charge is 0.481 e. The number of halogens is 3. The summed E-state index contributed by atoms with van der Waals surface area (Å²) in [7, 11) is -4.11. The van der Waals surface area contributed by atoms with Crippen LogP contribution in [0, 0.1) is 5.92 Å². The van der Waals surface area contributed by atoms with E-state index in [1.807, 2.05) is 0 Å². The van der Waals surface area contributed by atoms with Gasteiger partial charge in [0.25, 0.3) is 0 Å². The molecule has 0 amide bonds. The van der Waals surface area contributed by atoms with E-state index in [0.29, 0.717) is 4.31 Å². The standard InChI is InChI=1S/C11H18F3NO4S/c1-8(9-4-5-9)15(7-11(12,13)14)20(18,19)6-2-3-10(16)17/h8-9H,2-7H2,1H3,(H,16,17). The predicted octanol–water partition coefficient (Wildman–Crippen LogP) is 1.84. The maximum absolute atomic E-state index is 12.5. The predicted molar refractivity (Wildman–Crippen MR) is 65.6 cm³/mol. The third kappa shape index (κ3) is 5.66. The molecule has 0 aromatic rings. The Hall–Kier alpha value is -0.830. The lowest BCUT2D eigenvalue weighted by atomic mass is 10.2. The Morgan fingerprint density at radius 1 is 1.40 bits per heavy atom. The minimum Gasteiger partial charge on any atom is -0.481 e. The van der Waals surface area contributed by atoms with E-state index in [2.05, 4.69) is 0 Å². The Morgan fingerprint density at radius 3 is 2.35 bits per heavy atom. The number of sulfonamides is 1. The van der Waals surface area contributed by atoms with Crippen LogP contribution < -0.4 is 0 Å². The molecular weight excluding hydrogens is 299 g/mol. The quantitative estimate of drug-likeness (QED) is 0.741. The molecule has 1 aliphatic carbocycles. The molecule has 0 bridgehead atoms. The van der Waals surface area contributed by atoms with Crippen LogP contribution in [0.5, 0.6) is 0 Å². The van der Waals surface area contributed by atoms with Crippen LogP contribution in [0.3, 0.4) is 0 Å². The lowest BCUT2D eigenvalue weighted by Gasteiger charge is -2.29. The first-order valence-electron chi connectivity index (χ1n) is 6.31. The Bertz CT molecular complexity index is 445. The Kier molecular flexibility index (Phi) is 5.42. The van der Waals surface area contributed by atoms with Gasteiger partial charge in [-0.15, -0.1) is 0 Å². The van der Waals surface area contributed by atoms with Gasteiger partial charge in [0.2, 0.25) is 10.0 Å². The third-order valence-corrected chi connectivity index (χ3v) is 5.22. The fourth-order valence-corrected chi connectivity index (χ4v) is 3.77. The molecule has 1 aliphatic rings. The van der Waals surface area contributed by atoms with E-state index >= 15 is 0 Å². The Morgan fingerprint density at radius 2 is 1.95 bits per heavy atom. The van der Waals surface area contributed by atoms with Crippen LogP contribution in [0.25, 0.3) is 0 Å². The molecule has 1 fully saturated rings. The molecule has 0 radical (unpaired) electrons. The normalized spacial score (nSPS) is 18.2. The molecule has 1 saturated carbocycles. The first kappa shape index (κ1) is 17.2. The lowest BCUT2D eigenvalue weighted by molar-refractivity contribution is -0.140. The minimum absolute atomic E-state index is 0.0356. The summed E-state index contributed by atoms with van der Waals surface area (Å²) in [6.45, 7) is -0.0434. The van der Waals surface area contributed by atoms with Crippen molar-refractivity contribution in [2.24, 2.45) is 5.92 Å². The maximum Gasteiger partial charge on any atom is 0.402 e. The number of alkyl halides is 3. The van der Waals surface area contributed by atoms with Crippen molar-refractivity contribution in [1.29, 1.82) is 0 Å². The summed E-state index contributed by atoms with van der Waals surface area (Å²) >= 11 is 0. The van der Waals surface area contributed by atoms with Gasteiger partial charge in [0.15, 0.2) is 0 Å². The fourth-order valence-electron chi connectivity index (χ4n) is 2.01. The summed E-state index contributed by atoms with van der Waals surface area (Å²) in [4.78, 5) is 10.3. The molecule has 1 atom stereocenters. The second-order valence-electron chi connectivity index (χ2n) is 5.05. The van der Waals surface area contributed by atoms with Crippen LogP contribution in [0.2, 0.25) is 0 Å². The molecule has 1 unspecified atom stereocenters. The summed E-state index contributed by atoms with van der Waals surface area (Å²) in [5, 5.41) is 8.45. The van der Waals surface area contributed by atoms with Crippen molar-refractivity contribution in [3.63, 3.8) is 0 Å². The number of rotatable bonds is 8. The fraction of sp³-hybridized carbons (Fsp3) is 0.909. The van der Waals surface area contributed by atoms with E-state index in [0.717, 1.165) is 12.8 Å². The highest BCUT2D eigenvalue weighted by atomic mass is 32.2. The summed E-state index contributed by atoms with van der Waals surface area (Å²) in [6, 6.07) is -0.702. The van der Waals surface area contributed by atoms with Gasteiger partial charge in [-0.1, -0.05) is 0 Å². The van der Waals surface area contributed by atoms with Crippen molar-refractivity contribution in [3.05, 3.63) is 0 Å². The molecule has 9 heteroatoms. The average molecular weight is 317 g/mol. The van der Waals surface area contributed by atoms with Crippen molar-refractivity contribution in [2.45, 2.75) is 44.8 Å². The molecule has 0 heterocycles. The number of carboxylic acids is 1. The molecule has 118 valence electrons. The topological polar surface area (TPSA) is 74.7 Å². The van der Waals surface area contributed by atoms with E-state index in [4.69, 9.17) is 5.11 Å². The number of carboxylic acid groups (broad SMARTS) is 1. The van der Waals surface area contributed by atoms with E-state index in [-0.39, 0.29) is 18.8 Å². The van der Waals surface area contributed by atoms with Gasteiger partial charge in [0.1, 0.15) is 6.54 Å². The second-order valence-corrected chi connectivity index (χ2v) is 7.09. The highest BCUT2D eigenvalue weighted by molar-refractivity contribution is 7.89. The first-order chi connectivity index (χ1) is 9.03. The second kappa shape index (κ2) is 6.30. The van der Waals surface area contributed by atoms with E-state index < -0.39 is 40.5 Å². The van der Waals surface area contributed by atoms with Crippen molar-refractivity contribution < 1.29 is 31.5 Å². The molecule has 5 nitrogen and oxygen atoms in total. The third-order valence-electron chi connectivity index (χ3n) is 3.24. The lowest BCUT2D eigenvalue weighted by Crippen LogP contribution is -2.46. The van der Waals surface area contributed by atoms with Crippen LogP contribution in [-0.4, -0.2) is 48.3 Å². The molecule has 0 aromatic heterocycles. The zero-order valence-corrected chi connectivity index (χ0v) is 11.9. The minimum atomic E-state index is -4.61. The number of hydrogen-bond donors (Lipinski definition) is 1. The van der Waals surface area contributed by atoms with Crippen molar-refractivity contribution >= 4 is 16.0 Å². The average Bonchev–Trinajstić information content (AvgIpc) is 3.06. The summed E-state index contributed by atoms with van der Waals surface area (Å²) in [5.41, 5.74) is 0. The highest BCUT2D eigenvalue weighted by Gasteiger charge is 2.43. The molecule has 1 N–H and O–H groups in total. The molecule has 0 saturated heterocycles. The van der Waals surface area contributed by atoms with Gasteiger partial charge >= 0.3 is 12.1 Å². The van der Waals surface area contributed by atoms with E-state index in [9.17, 15) is 26.4 Å². The summed E-state index contributed by atoms with van der Waals surface area (Å²) in [6.07, 6.45) is -3.73. The Balaban J connectivity index is 2.76. The zero-order valence-electron chi connectivity index (χ0n) is 11.1. The molecule has 0 aliphatic heterocycles. The number of aliphatic carboxylic acids is 1.